The lowest BCUT2D eigenvalue weighted by Gasteiger charge is -2.10. The van der Waals surface area contributed by atoms with E-state index in [0.29, 0.717) is 0 Å². The molecule has 0 amide bonds. The SMILES string of the molecule is O=C(O)c1cccc(Cl)c1OCc1cncc(Br)c1. The molecule has 2 aromatic rings. The molecule has 6 heteroatoms. The van der Waals surface area contributed by atoms with Crippen molar-refractivity contribution in [1.82, 2.24) is 4.98 Å². The third-order valence-electron chi connectivity index (χ3n) is 2.34. The summed E-state index contributed by atoms with van der Waals surface area (Å²) in [4.78, 5) is 15.1. The van der Waals surface area contributed by atoms with E-state index in [-0.39, 0.29) is 22.9 Å². The molecule has 0 aliphatic carbocycles. The Labute approximate surface area is 123 Å². The fraction of sp³-hybridized carbons (Fsp3) is 0.0769. The summed E-state index contributed by atoms with van der Waals surface area (Å²) in [6.45, 7) is 0.191. The second-order valence-electron chi connectivity index (χ2n) is 3.72. The highest BCUT2D eigenvalue weighted by molar-refractivity contribution is 9.10. The Morgan fingerprint density at radius 2 is 2.21 bits per heavy atom. The van der Waals surface area contributed by atoms with Crippen molar-refractivity contribution in [3.8, 4) is 5.75 Å². The van der Waals surface area contributed by atoms with Crippen LogP contribution in [0.1, 0.15) is 15.9 Å². The van der Waals surface area contributed by atoms with Crippen molar-refractivity contribution in [3.05, 3.63) is 57.3 Å². The lowest BCUT2D eigenvalue weighted by atomic mass is 10.2. The number of hydrogen-bond donors (Lipinski definition) is 1. The number of aromatic nitrogens is 1. The first-order valence-electron chi connectivity index (χ1n) is 5.32. The number of para-hydroxylation sites is 1. The maximum atomic E-state index is 11.1. The predicted molar refractivity (Wildman–Crippen MR) is 74.7 cm³/mol. The van der Waals surface area contributed by atoms with Crippen LogP contribution in [0.3, 0.4) is 0 Å². The number of carboxylic acids is 1. The van der Waals surface area contributed by atoms with Gasteiger partial charge in [-0.25, -0.2) is 4.79 Å². The molecule has 0 bridgehead atoms. The number of rotatable bonds is 4. The lowest BCUT2D eigenvalue weighted by molar-refractivity contribution is 0.0692. The van der Waals surface area contributed by atoms with E-state index >= 15 is 0 Å². The molecule has 0 atom stereocenters. The number of nitrogens with zero attached hydrogens (tertiary/aromatic N) is 1. The third-order valence-corrected chi connectivity index (χ3v) is 3.07. The topological polar surface area (TPSA) is 59.4 Å². The smallest absolute Gasteiger partial charge is 0.339 e. The molecule has 1 N–H and O–H groups in total. The molecule has 1 heterocycles. The van der Waals surface area contributed by atoms with Crippen LogP contribution in [0.2, 0.25) is 5.02 Å². The predicted octanol–water partition coefficient (Wildman–Crippen LogP) is 3.77. The van der Waals surface area contributed by atoms with Gasteiger partial charge in [-0.1, -0.05) is 17.7 Å². The maximum Gasteiger partial charge on any atom is 0.339 e. The number of pyridine rings is 1. The van der Waals surface area contributed by atoms with Gasteiger partial charge in [-0.2, -0.15) is 0 Å². The Balaban J connectivity index is 2.22. The second kappa shape index (κ2) is 6.04. The van der Waals surface area contributed by atoms with Gasteiger partial charge in [0.1, 0.15) is 12.2 Å². The maximum absolute atomic E-state index is 11.1. The lowest BCUT2D eigenvalue weighted by Crippen LogP contribution is -2.04. The van der Waals surface area contributed by atoms with E-state index < -0.39 is 5.97 Å². The van der Waals surface area contributed by atoms with E-state index in [9.17, 15) is 4.79 Å². The van der Waals surface area contributed by atoms with Gasteiger partial charge < -0.3 is 9.84 Å². The molecular formula is C13H9BrClNO3. The normalized spacial score (nSPS) is 10.2. The molecule has 0 radical (unpaired) electrons. The highest BCUT2D eigenvalue weighted by atomic mass is 79.9. The zero-order chi connectivity index (χ0) is 13.8. The molecule has 0 saturated carbocycles. The third kappa shape index (κ3) is 3.45. The first-order valence-corrected chi connectivity index (χ1v) is 6.49. The number of carbonyl (C=O) groups is 1. The van der Waals surface area contributed by atoms with Crippen molar-refractivity contribution >= 4 is 33.5 Å². The van der Waals surface area contributed by atoms with Gasteiger partial charge in [0.05, 0.1) is 5.02 Å². The number of ether oxygens (including phenoxy) is 1. The van der Waals surface area contributed by atoms with Crippen molar-refractivity contribution < 1.29 is 14.6 Å². The van der Waals surface area contributed by atoms with Crippen LogP contribution in [0, 0.1) is 0 Å². The summed E-state index contributed by atoms with van der Waals surface area (Å²) in [6.07, 6.45) is 3.30. The van der Waals surface area contributed by atoms with E-state index in [1.165, 1.54) is 6.07 Å². The molecule has 1 aromatic carbocycles. The number of halogens is 2. The first kappa shape index (κ1) is 13.8. The number of carboxylic acid groups (broad SMARTS) is 1. The van der Waals surface area contributed by atoms with Crippen LogP contribution < -0.4 is 4.74 Å². The van der Waals surface area contributed by atoms with Gasteiger partial charge in [-0.3, -0.25) is 4.98 Å². The van der Waals surface area contributed by atoms with Gasteiger partial charge in [0, 0.05) is 22.4 Å². The quantitative estimate of drug-likeness (QED) is 0.918. The minimum atomic E-state index is -1.08. The van der Waals surface area contributed by atoms with Crippen molar-refractivity contribution in [1.29, 1.82) is 0 Å². The number of benzene rings is 1. The minimum Gasteiger partial charge on any atom is -0.486 e. The van der Waals surface area contributed by atoms with Crippen LogP contribution in [0.4, 0.5) is 0 Å². The van der Waals surface area contributed by atoms with Gasteiger partial charge in [0.25, 0.3) is 0 Å². The van der Waals surface area contributed by atoms with Crippen molar-refractivity contribution in [3.63, 3.8) is 0 Å². The van der Waals surface area contributed by atoms with Crippen LogP contribution >= 0.6 is 27.5 Å². The number of hydrogen-bond acceptors (Lipinski definition) is 3. The molecule has 4 nitrogen and oxygen atoms in total. The summed E-state index contributed by atoms with van der Waals surface area (Å²) in [6, 6.07) is 6.44. The van der Waals surface area contributed by atoms with E-state index in [0.717, 1.165) is 10.0 Å². The van der Waals surface area contributed by atoms with Gasteiger partial charge in [-0.05, 0) is 34.1 Å². The Kier molecular flexibility index (Phi) is 4.39. The van der Waals surface area contributed by atoms with Crippen molar-refractivity contribution in [2.75, 3.05) is 0 Å². The van der Waals surface area contributed by atoms with Crippen LogP contribution in [-0.4, -0.2) is 16.1 Å². The van der Waals surface area contributed by atoms with Crippen LogP contribution in [0.25, 0.3) is 0 Å². The zero-order valence-corrected chi connectivity index (χ0v) is 12.0. The minimum absolute atomic E-state index is 0.0375. The van der Waals surface area contributed by atoms with Crippen LogP contribution in [-0.2, 0) is 6.61 Å². The summed E-state index contributed by atoms with van der Waals surface area (Å²) < 4.78 is 6.32. The number of aromatic carboxylic acids is 1. The average molecular weight is 343 g/mol. The van der Waals surface area contributed by atoms with E-state index in [1.807, 2.05) is 6.07 Å². The molecule has 0 saturated heterocycles. The highest BCUT2D eigenvalue weighted by Gasteiger charge is 2.14. The standard InChI is InChI=1S/C13H9BrClNO3/c14-9-4-8(5-16-6-9)7-19-12-10(13(17)18)2-1-3-11(12)15/h1-6H,7H2,(H,17,18). The van der Waals surface area contributed by atoms with E-state index in [1.54, 1.807) is 24.5 Å². The largest absolute Gasteiger partial charge is 0.486 e. The van der Waals surface area contributed by atoms with Gasteiger partial charge in [-0.15, -0.1) is 0 Å². The van der Waals surface area contributed by atoms with Crippen molar-refractivity contribution in [2.45, 2.75) is 6.61 Å². The molecule has 0 spiro atoms. The fourth-order valence-electron chi connectivity index (χ4n) is 1.51. The summed E-state index contributed by atoms with van der Waals surface area (Å²) >= 11 is 9.26. The Morgan fingerprint density at radius 1 is 1.42 bits per heavy atom. The second-order valence-corrected chi connectivity index (χ2v) is 5.04. The Morgan fingerprint density at radius 3 is 2.89 bits per heavy atom. The van der Waals surface area contributed by atoms with Crippen LogP contribution in [0.15, 0.2) is 41.1 Å². The molecule has 2 rings (SSSR count). The average Bonchev–Trinajstić information content (AvgIpc) is 2.37. The zero-order valence-electron chi connectivity index (χ0n) is 9.64. The highest BCUT2D eigenvalue weighted by Crippen LogP contribution is 2.29. The summed E-state index contributed by atoms with van der Waals surface area (Å²) in [5.74, 6) is -0.915. The Hall–Kier alpha value is -1.59. The molecule has 0 aliphatic rings. The first-order chi connectivity index (χ1) is 9.08. The summed E-state index contributed by atoms with van der Waals surface area (Å²) in [7, 11) is 0. The monoisotopic (exact) mass is 341 g/mol. The molecule has 0 fully saturated rings. The van der Waals surface area contributed by atoms with Gasteiger partial charge >= 0.3 is 5.97 Å². The van der Waals surface area contributed by atoms with Gasteiger partial charge in [0.15, 0.2) is 5.75 Å². The molecule has 19 heavy (non-hydrogen) atoms. The molecule has 0 unspecified atom stereocenters. The van der Waals surface area contributed by atoms with E-state index in [4.69, 9.17) is 21.4 Å². The summed E-state index contributed by atoms with van der Waals surface area (Å²) in [5.41, 5.74) is 0.848. The molecular weight excluding hydrogens is 334 g/mol. The van der Waals surface area contributed by atoms with Crippen LogP contribution in [0.5, 0.6) is 5.75 Å². The fourth-order valence-corrected chi connectivity index (χ4v) is 2.16. The molecule has 0 aliphatic heterocycles. The van der Waals surface area contributed by atoms with E-state index in [2.05, 4.69) is 20.9 Å². The van der Waals surface area contributed by atoms with Crippen molar-refractivity contribution in [2.24, 2.45) is 0 Å². The molecule has 98 valence electrons. The van der Waals surface area contributed by atoms with Gasteiger partial charge in [0.2, 0.25) is 0 Å². The summed E-state index contributed by atoms with van der Waals surface area (Å²) in [5, 5.41) is 9.34. The Bertz CT molecular complexity index is 619. The molecule has 1 aromatic heterocycles.